The van der Waals surface area contributed by atoms with E-state index < -0.39 is 17.1 Å². The first kappa shape index (κ1) is 17.5. The van der Waals surface area contributed by atoms with E-state index in [2.05, 4.69) is 0 Å². The van der Waals surface area contributed by atoms with Crippen LogP contribution in [0.3, 0.4) is 0 Å². The molecule has 8 heteroatoms. The minimum Gasteiger partial charge on any atom is -0.391 e. The third-order valence-electron chi connectivity index (χ3n) is 4.88. The Morgan fingerprint density at radius 1 is 1.12 bits per heavy atom. The van der Waals surface area contributed by atoms with E-state index in [1.54, 1.807) is 11.0 Å². The van der Waals surface area contributed by atoms with Crippen LogP contribution in [0.25, 0.3) is 0 Å². The van der Waals surface area contributed by atoms with Crippen molar-refractivity contribution in [2.24, 2.45) is 0 Å². The second-order valence-electron chi connectivity index (χ2n) is 6.71. The number of nitro benzene ring substituents is 1. The Morgan fingerprint density at radius 3 is 2.28 bits per heavy atom. The summed E-state index contributed by atoms with van der Waals surface area (Å²) >= 11 is 0. The van der Waals surface area contributed by atoms with Gasteiger partial charge in [-0.3, -0.25) is 10.1 Å². The number of rotatable bonds is 3. The molecule has 1 aromatic carbocycles. The summed E-state index contributed by atoms with van der Waals surface area (Å²) in [6, 6.07) is 5.18. The predicted molar refractivity (Wildman–Crippen MR) is 92.7 cm³/mol. The number of hydrogen-bond acceptors (Lipinski definition) is 7. The molecule has 0 aromatic heterocycles. The van der Waals surface area contributed by atoms with Crippen molar-refractivity contribution in [2.75, 3.05) is 36.0 Å². The monoisotopic (exact) mass is 346 g/mol. The Kier molecular flexibility index (Phi) is 5.06. The largest absolute Gasteiger partial charge is 0.391 e. The number of β-amino-alcohol motifs (C(OH)–C–C–N with tert-alkyl or cyclic N) is 2. The van der Waals surface area contributed by atoms with Crippen LogP contribution in [0.5, 0.6) is 0 Å². The molecule has 2 N–H and O–H groups in total. The molecule has 0 saturated carbocycles. The van der Waals surface area contributed by atoms with Gasteiger partial charge in [-0.05, 0) is 37.8 Å². The molecule has 0 unspecified atom stereocenters. The Balaban J connectivity index is 2.05. The first-order valence-corrected chi connectivity index (χ1v) is 8.58. The first-order valence-electron chi connectivity index (χ1n) is 8.58. The SMILES string of the molecule is N#Cc1cc(N2CCC[C@@H](O)C2)cc(N2CCC[C@H](O)C2)c1[N+](=O)[O-]. The molecule has 8 nitrogen and oxygen atoms in total. The summed E-state index contributed by atoms with van der Waals surface area (Å²) in [6.45, 7) is 2.11. The van der Waals surface area contributed by atoms with Gasteiger partial charge in [0, 0.05) is 31.9 Å². The molecule has 0 spiro atoms. The Labute approximate surface area is 146 Å². The topological polar surface area (TPSA) is 114 Å². The summed E-state index contributed by atoms with van der Waals surface area (Å²) in [5.74, 6) is 0. The molecule has 2 heterocycles. The zero-order valence-corrected chi connectivity index (χ0v) is 14.0. The highest BCUT2D eigenvalue weighted by Gasteiger charge is 2.30. The van der Waals surface area contributed by atoms with Crippen molar-refractivity contribution in [1.29, 1.82) is 5.26 Å². The van der Waals surface area contributed by atoms with Crippen LogP contribution in [-0.2, 0) is 0 Å². The maximum Gasteiger partial charge on any atom is 0.310 e. The van der Waals surface area contributed by atoms with Gasteiger partial charge in [0.2, 0.25) is 0 Å². The smallest absolute Gasteiger partial charge is 0.310 e. The summed E-state index contributed by atoms with van der Waals surface area (Å²) < 4.78 is 0. The quantitative estimate of drug-likeness (QED) is 0.628. The van der Waals surface area contributed by atoms with E-state index in [0.29, 0.717) is 37.4 Å². The molecule has 2 atom stereocenters. The molecular weight excluding hydrogens is 324 g/mol. The highest BCUT2D eigenvalue weighted by molar-refractivity contribution is 5.76. The summed E-state index contributed by atoms with van der Waals surface area (Å²) in [7, 11) is 0. The first-order chi connectivity index (χ1) is 12.0. The van der Waals surface area contributed by atoms with Crippen LogP contribution < -0.4 is 9.80 Å². The fourth-order valence-corrected chi connectivity index (χ4v) is 3.67. The van der Waals surface area contributed by atoms with E-state index in [-0.39, 0.29) is 11.3 Å². The minimum atomic E-state index is -0.528. The number of benzene rings is 1. The number of nitro groups is 1. The van der Waals surface area contributed by atoms with E-state index in [1.807, 2.05) is 11.0 Å². The zero-order chi connectivity index (χ0) is 18.0. The Hall–Kier alpha value is -2.37. The normalized spacial score (nSPS) is 24.0. The van der Waals surface area contributed by atoms with E-state index in [4.69, 9.17) is 0 Å². The lowest BCUT2D eigenvalue weighted by molar-refractivity contribution is -0.384. The second-order valence-corrected chi connectivity index (χ2v) is 6.71. The van der Waals surface area contributed by atoms with Crippen molar-refractivity contribution in [3.63, 3.8) is 0 Å². The molecule has 1 aromatic rings. The van der Waals surface area contributed by atoms with Crippen molar-refractivity contribution in [2.45, 2.75) is 37.9 Å². The van der Waals surface area contributed by atoms with Gasteiger partial charge in [-0.2, -0.15) is 5.26 Å². The van der Waals surface area contributed by atoms with Gasteiger partial charge in [0.15, 0.2) is 0 Å². The lowest BCUT2D eigenvalue weighted by Crippen LogP contribution is -2.40. The van der Waals surface area contributed by atoms with Crippen LogP contribution in [0, 0.1) is 21.4 Å². The number of nitriles is 1. The molecule has 25 heavy (non-hydrogen) atoms. The number of aliphatic hydroxyl groups excluding tert-OH is 2. The fraction of sp³-hybridized carbons (Fsp3) is 0.588. The van der Waals surface area contributed by atoms with Crippen LogP contribution >= 0.6 is 0 Å². The van der Waals surface area contributed by atoms with Gasteiger partial charge >= 0.3 is 5.69 Å². The fourth-order valence-electron chi connectivity index (χ4n) is 3.67. The van der Waals surface area contributed by atoms with Gasteiger partial charge in [0.1, 0.15) is 17.3 Å². The van der Waals surface area contributed by atoms with Crippen LogP contribution in [0.1, 0.15) is 31.2 Å². The van der Waals surface area contributed by atoms with Crippen molar-refractivity contribution in [1.82, 2.24) is 0 Å². The summed E-state index contributed by atoms with van der Waals surface area (Å²) in [5.41, 5.74) is 0.879. The van der Waals surface area contributed by atoms with Gasteiger partial charge < -0.3 is 20.0 Å². The lowest BCUT2D eigenvalue weighted by atomic mass is 10.0. The van der Waals surface area contributed by atoms with E-state index >= 15 is 0 Å². The summed E-state index contributed by atoms with van der Waals surface area (Å²) in [6.07, 6.45) is 2.02. The minimum absolute atomic E-state index is 0.0117. The average Bonchev–Trinajstić information content (AvgIpc) is 2.60. The molecule has 134 valence electrons. The molecule has 0 bridgehead atoms. The highest BCUT2D eigenvalue weighted by atomic mass is 16.6. The van der Waals surface area contributed by atoms with Crippen molar-refractivity contribution >= 4 is 17.1 Å². The third kappa shape index (κ3) is 3.67. The van der Waals surface area contributed by atoms with Crippen LogP contribution in [0.4, 0.5) is 17.1 Å². The maximum atomic E-state index is 11.6. The van der Waals surface area contributed by atoms with Gasteiger partial charge in [-0.1, -0.05) is 0 Å². The van der Waals surface area contributed by atoms with Gasteiger partial charge in [-0.15, -0.1) is 0 Å². The van der Waals surface area contributed by atoms with Crippen LogP contribution in [-0.4, -0.2) is 53.5 Å². The number of nitrogens with zero attached hydrogens (tertiary/aromatic N) is 4. The van der Waals surface area contributed by atoms with E-state index in [1.165, 1.54) is 6.07 Å². The molecule has 2 fully saturated rings. The molecule has 2 aliphatic heterocycles. The molecule has 0 radical (unpaired) electrons. The third-order valence-corrected chi connectivity index (χ3v) is 4.88. The Morgan fingerprint density at radius 2 is 1.72 bits per heavy atom. The molecule has 3 rings (SSSR count). The molecule has 0 aliphatic carbocycles. The van der Waals surface area contributed by atoms with Crippen LogP contribution in [0.15, 0.2) is 12.1 Å². The van der Waals surface area contributed by atoms with E-state index in [9.17, 15) is 25.6 Å². The second kappa shape index (κ2) is 7.25. The number of piperidine rings is 2. The van der Waals surface area contributed by atoms with Gasteiger partial charge in [-0.25, -0.2) is 0 Å². The van der Waals surface area contributed by atoms with Crippen LogP contribution in [0.2, 0.25) is 0 Å². The molecular formula is C17H22N4O4. The predicted octanol–water partition coefficient (Wildman–Crippen LogP) is 1.39. The molecule has 2 aliphatic rings. The maximum absolute atomic E-state index is 11.6. The Bertz CT molecular complexity index is 703. The van der Waals surface area contributed by atoms with Gasteiger partial charge in [0.25, 0.3) is 0 Å². The number of anilines is 2. The average molecular weight is 346 g/mol. The van der Waals surface area contributed by atoms with Gasteiger partial charge in [0.05, 0.1) is 17.1 Å². The molecule has 0 amide bonds. The highest BCUT2D eigenvalue weighted by Crippen LogP contribution is 2.38. The van der Waals surface area contributed by atoms with E-state index in [0.717, 1.165) is 25.8 Å². The summed E-state index contributed by atoms with van der Waals surface area (Å²) in [4.78, 5) is 14.8. The lowest BCUT2D eigenvalue weighted by Gasteiger charge is -2.35. The number of hydrogen-bond donors (Lipinski definition) is 2. The summed E-state index contributed by atoms with van der Waals surface area (Å²) in [5, 5.41) is 40.8. The van der Waals surface area contributed by atoms with Crippen molar-refractivity contribution < 1.29 is 15.1 Å². The van der Waals surface area contributed by atoms with Crippen molar-refractivity contribution in [3.8, 4) is 6.07 Å². The zero-order valence-electron chi connectivity index (χ0n) is 14.0. The standard InChI is InChI=1S/C17H22N4O4/c18-9-12-7-13(19-5-1-3-14(22)10-19)8-16(17(12)21(24)25)20-6-2-4-15(23)11-20/h7-8,14-15,22-23H,1-6,10-11H2/t14-,15+/m1/s1. The molecule has 2 saturated heterocycles. The number of aliphatic hydroxyl groups is 2. The van der Waals surface area contributed by atoms with Crippen molar-refractivity contribution in [3.05, 3.63) is 27.8 Å².